The molecule has 0 bridgehead atoms. The largest absolute Gasteiger partial charge is 0.337 e. The second-order valence-corrected chi connectivity index (χ2v) is 6.50. The summed E-state index contributed by atoms with van der Waals surface area (Å²) in [4.78, 5) is 23.0. The van der Waals surface area contributed by atoms with Gasteiger partial charge in [0, 0.05) is 25.0 Å². The zero-order valence-corrected chi connectivity index (χ0v) is 13.6. The molecule has 1 aromatic rings. The molecule has 0 aromatic carbocycles. The standard InChI is InChI=1S/C15H23ClN4O/c1-9(2)14-18-7-12(16)13(19-14)15(21)20-6-4-5-11(8-20)10(3)17/h7,9-11H,4-6,8,17H2,1-3H3. The zero-order chi connectivity index (χ0) is 15.6. The Kier molecular flexibility index (Phi) is 5.17. The molecule has 1 aromatic heterocycles. The van der Waals surface area contributed by atoms with Crippen molar-refractivity contribution in [1.29, 1.82) is 0 Å². The Bertz CT molecular complexity index is 518. The number of aromatic nitrogens is 2. The van der Waals surface area contributed by atoms with Gasteiger partial charge in [-0.2, -0.15) is 0 Å². The molecule has 2 rings (SSSR count). The van der Waals surface area contributed by atoms with Crippen LogP contribution in [0.4, 0.5) is 0 Å². The van der Waals surface area contributed by atoms with Crippen molar-refractivity contribution in [3.63, 3.8) is 0 Å². The molecule has 0 saturated carbocycles. The van der Waals surface area contributed by atoms with Crippen molar-refractivity contribution >= 4 is 17.5 Å². The van der Waals surface area contributed by atoms with Gasteiger partial charge in [0.15, 0.2) is 5.69 Å². The molecule has 2 unspecified atom stereocenters. The van der Waals surface area contributed by atoms with Crippen LogP contribution in [0.15, 0.2) is 6.20 Å². The highest BCUT2D eigenvalue weighted by molar-refractivity contribution is 6.33. The number of likely N-dealkylation sites (tertiary alicyclic amines) is 1. The van der Waals surface area contributed by atoms with Crippen molar-refractivity contribution < 1.29 is 4.79 Å². The van der Waals surface area contributed by atoms with E-state index in [1.807, 2.05) is 25.7 Å². The summed E-state index contributed by atoms with van der Waals surface area (Å²) in [6.45, 7) is 7.38. The Morgan fingerprint density at radius 1 is 1.48 bits per heavy atom. The molecule has 2 heterocycles. The van der Waals surface area contributed by atoms with E-state index in [1.165, 1.54) is 6.20 Å². The molecule has 116 valence electrons. The van der Waals surface area contributed by atoms with Gasteiger partial charge in [-0.3, -0.25) is 4.79 Å². The van der Waals surface area contributed by atoms with Crippen LogP contribution in [-0.4, -0.2) is 39.9 Å². The fraction of sp³-hybridized carbons (Fsp3) is 0.667. The molecule has 1 amide bonds. The SMILES string of the molecule is CC(C)c1ncc(Cl)c(C(=O)N2CCCC(C(C)N)C2)n1. The van der Waals surface area contributed by atoms with Crippen LogP contribution in [0.3, 0.4) is 0 Å². The van der Waals surface area contributed by atoms with Crippen LogP contribution in [0, 0.1) is 5.92 Å². The third kappa shape index (κ3) is 3.71. The Morgan fingerprint density at radius 3 is 2.81 bits per heavy atom. The summed E-state index contributed by atoms with van der Waals surface area (Å²) in [5.74, 6) is 1.03. The second kappa shape index (κ2) is 6.71. The van der Waals surface area contributed by atoms with E-state index in [0.29, 0.717) is 29.0 Å². The molecule has 0 radical (unpaired) electrons. The first-order valence-electron chi connectivity index (χ1n) is 7.47. The first kappa shape index (κ1) is 16.2. The normalized spacial score (nSPS) is 20.7. The van der Waals surface area contributed by atoms with Gasteiger partial charge in [0.2, 0.25) is 0 Å². The van der Waals surface area contributed by atoms with E-state index >= 15 is 0 Å². The first-order valence-corrected chi connectivity index (χ1v) is 7.85. The van der Waals surface area contributed by atoms with Crippen LogP contribution in [0.25, 0.3) is 0 Å². The summed E-state index contributed by atoms with van der Waals surface area (Å²) in [5.41, 5.74) is 6.28. The number of rotatable bonds is 3. The average Bonchev–Trinajstić information content (AvgIpc) is 2.47. The van der Waals surface area contributed by atoms with Crippen LogP contribution < -0.4 is 5.73 Å². The van der Waals surface area contributed by atoms with Crippen LogP contribution >= 0.6 is 11.6 Å². The number of nitrogens with zero attached hydrogens (tertiary/aromatic N) is 3. The minimum Gasteiger partial charge on any atom is -0.337 e. The fourth-order valence-electron chi connectivity index (χ4n) is 2.58. The molecule has 1 aliphatic heterocycles. The van der Waals surface area contributed by atoms with Crippen molar-refractivity contribution in [3.8, 4) is 0 Å². The summed E-state index contributed by atoms with van der Waals surface area (Å²) in [6.07, 6.45) is 3.55. The van der Waals surface area contributed by atoms with Gasteiger partial charge in [0.1, 0.15) is 5.82 Å². The van der Waals surface area contributed by atoms with Gasteiger partial charge in [-0.05, 0) is 25.7 Å². The Balaban J connectivity index is 2.21. The second-order valence-electron chi connectivity index (χ2n) is 6.09. The lowest BCUT2D eigenvalue weighted by Gasteiger charge is -2.34. The van der Waals surface area contributed by atoms with Crippen molar-refractivity contribution in [2.75, 3.05) is 13.1 Å². The predicted molar refractivity (Wildman–Crippen MR) is 83.4 cm³/mol. The first-order chi connectivity index (χ1) is 9.90. The van der Waals surface area contributed by atoms with Gasteiger partial charge in [0.05, 0.1) is 11.2 Å². The molecule has 6 heteroatoms. The molecular formula is C15H23ClN4O. The van der Waals surface area contributed by atoms with Gasteiger partial charge >= 0.3 is 0 Å². The molecule has 2 atom stereocenters. The molecule has 1 fully saturated rings. The molecule has 0 spiro atoms. The van der Waals surface area contributed by atoms with Crippen LogP contribution in [-0.2, 0) is 0 Å². The lowest BCUT2D eigenvalue weighted by Crippen LogP contribution is -2.45. The van der Waals surface area contributed by atoms with Crippen LogP contribution in [0.1, 0.15) is 55.8 Å². The number of halogens is 1. The van der Waals surface area contributed by atoms with E-state index in [1.54, 1.807) is 0 Å². The highest BCUT2D eigenvalue weighted by atomic mass is 35.5. The number of piperidine rings is 1. The Morgan fingerprint density at radius 2 is 2.19 bits per heavy atom. The molecule has 1 aliphatic rings. The summed E-state index contributed by atoms with van der Waals surface area (Å²) in [5, 5.41) is 0.312. The van der Waals surface area contributed by atoms with E-state index in [4.69, 9.17) is 17.3 Å². The number of hydrogen-bond donors (Lipinski definition) is 1. The highest BCUT2D eigenvalue weighted by Crippen LogP contribution is 2.23. The van der Waals surface area contributed by atoms with E-state index in [9.17, 15) is 4.79 Å². The molecule has 21 heavy (non-hydrogen) atoms. The van der Waals surface area contributed by atoms with E-state index in [2.05, 4.69) is 9.97 Å². The minimum atomic E-state index is -0.116. The highest BCUT2D eigenvalue weighted by Gasteiger charge is 2.28. The summed E-state index contributed by atoms with van der Waals surface area (Å²) < 4.78 is 0. The van der Waals surface area contributed by atoms with Crippen molar-refractivity contribution in [1.82, 2.24) is 14.9 Å². The van der Waals surface area contributed by atoms with E-state index in [0.717, 1.165) is 19.4 Å². The van der Waals surface area contributed by atoms with E-state index in [-0.39, 0.29) is 17.9 Å². The number of hydrogen-bond acceptors (Lipinski definition) is 4. The number of carbonyl (C=O) groups is 1. The quantitative estimate of drug-likeness (QED) is 0.930. The number of nitrogens with two attached hydrogens (primary N) is 1. The van der Waals surface area contributed by atoms with Crippen molar-refractivity contribution in [2.45, 2.75) is 45.6 Å². The maximum absolute atomic E-state index is 12.7. The van der Waals surface area contributed by atoms with Gasteiger partial charge in [-0.15, -0.1) is 0 Å². The van der Waals surface area contributed by atoms with Gasteiger partial charge in [-0.25, -0.2) is 9.97 Å². The maximum Gasteiger partial charge on any atom is 0.274 e. The zero-order valence-electron chi connectivity index (χ0n) is 12.8. The summed E-state index contributed by atoms with van der Waals surface area (Å²) >= 11 is 6.12. The van der Waals surface area contributed by atoms with Crippen molar-refractivity contribution in [2.24, 2.45) is 11.7 Å². The molecule has 0 aliphatic carbocycles. The van der Waals surface area contributed by atoms with E-state index < -0.39 is 0 Å². The number of amides is 1. The third-order valence-electron chi connectivity index (χ3n) is 3.97. The van der Waals surface area contributed by atoms with Crippen LogP contribution in [0.2, 0.25) is 5.02 Å². The molecular weight excluding hydrogens is 288 g/mol. The summed E-state index contributed by atoms with van der Waals surface area (Å²) in [6, 6.07) is 0.0905. The third-order valence-corrected chi connectivity index (χ3v) is 4.25. The monoisotopic (exact) mass is 310 g/mol. The van der Waals surface area contributed by atoms with Crippen molar-refractivity contribution in [3.05, 3.63) is 22.7 Å². The molecule has 1 saturated heterocycles. The smallest absolute Gasteiger partial charge is 0.274 e. The maximum atomic E-state index is 12.7. The predicted octanol–water partition coefficient (Wildman–Crippen LogP) is 2.45. The average molecular weight is 311 g/mol. The Labute approximate surface area is 130 Å². The van der Waals surface area contributed by atoms with Gasteiger partial charge < -0.3 is 10.6 Å². The lowest BCUT2D eigenvalue weighted by atomic mass is 9.92. The molecule has 2 N–H and O–H groups in total. The summed E-state index contributed by atoms with van der Waals surface area (Å²) in [7, 11) is 0. The Hall–Kier alpha value is -1.20. The molecule has 5 nitrogen and oxygen atoms in total. The fourth-order valence-corrected chi connectivity index (χ4v) is 2.75. The van der Waals surface area contributed by atoms with Gasteiger partial charge in [-0.1, -0.05) is 25.4 Å². The van der Waals surface area contributed by atoms with Gasteiger partial charge in [0.25, 0.3) is 5.91 Å². The number of carbonyl (C=O) groups excluding carboxylic acids is 1. The van der Waals surface area contributed by atoms with Crippen LogP contribution in [0.5, 0.6) is 0 Å². The topological polar surface area (TPSA) is 72.1 Å². The lowest BCUT2D eigenvalue weighted by molar-refractivity contribution is 0.0654. The minimum absolute atomic E-state index is 0.0905.